The van der Waals surface area contributed by atoms with Crippen LogP contribution in [-0.4, -0.2) is 36.4 Å². The number of carbonyl (C=O) groups is 2. The highest BCUT2D eigenvalue weighted by Crippen LogP contribution is 2.23. The van der Waals surface area contributed by atoms with Crippen molar-refractivity contribution in [1.29, 1.82) is 0 Å². The van der Waals surface area contributed by atoms with Crippen molar-refractivity contribution in [3.63, 3.8) is 0 Å². The minimum atomic E-state index is -0.685. The maximum atomic E-state index is 12.8. The molecule has 27 heavy (non-hydrogen) atoms. The lowest BCUT2D eigenvalue weighted by atomic mass is 10.1. The van der Waals surface area contributed by atoms with Crippen molar-refractivity contribution < 1.29 is 14.3 Å². The third-order valence-corrected chi connectivity index (χ3v) is 4.80. The highest BCUT2D eigenvalue weighted by Gasteiger charge is 2.26. The summed E-state index contributed by atoms with van der Waals surface area (Å²) < 4.78 is 5.65. The zero-order valence-electron chi connectivity index (χ0n) is 15.5. The standard InChI is InChI=1S/C20H22Cl2N2O3/c1-13-6-4-5-7-18(13)27-12-19(25)24(14(2)20(26)23-3)11-15-8-9-16(21)10-17(15)22/h4-10,14H,11-12H2,1-3H3,(H,23,26)/t14-/m1/s1. The first-order valence-corrected chi connectivity index (χ1v) is 9.22. The van der Waals surface area contributed by atoms with Gasteiger partial charge in [-0.15, -0.1) is 0 Å². The van der Waals surface area contributed by atoms with Gasteiger partial charge in [-0.1, -0.05) is 47.5 Å². The fourth-order valence-electron chi connectivity index (χ4n) is 2.57. The molecule has 2 aromatic rings. The number of likely N-dealkylation sites (N-methyl/N-ethyl adjacent to an activating group) is 1. The SMILES string of the molecule is CNC(=O)[C@@H](C)N(Cc1ccc(Cl)cc1Cl)C(=O)COc1ccccc1C. The number of amides is 2. The molecule has 0 spiro atoms. The quantitative estimate of drug-likeness (QED) is 0.756. The van der Waals surface area contributed by atoms with Gasteiger partial charge in [0.05, 0.1) is 0 Å². The van der Waals surface area contributed by atoms with E-state index in [0.29, 0.717) is 21.4 Å². The predicted molar refractivity (Wildman–Crippen MR) is 107 cm³/mol. The van der Waals surface area contributed by atoms with Crippen molar-refractivity contribution in [2.75, 3.05) is 13.7 Å². The molecule has 1 N–H and O–H groups in total. The summed E-state index contributed by atoms with van der Waals surface area (Å²) in [6.45, 7) is 3.55. The Labute approximate surface area is 169 Å². The van der Waals surface area contributed by atoms with E-state index in [4.69, 9.17) is 27.9 Å². The van der Waals surface area contributed by atoms with E-state index in [1.807, 2.05) is 25.1 Å². The summed E-state index contributed by atoms with van der Waals surface area (Å²) in [7, 11) is 1.53. The van der Waals surface area contributed by atoms with E-state index in [-0.39, 0.29) is 25.0 Å². The number of hydrogen-bond acceptors (Lipinski definition) is 3. The van der Waals surface area contributed by atoms with Crippen LogP contribution in [0.15, 0.2) is 42.5 Å². The van der Waals surface area contributed by atoms with E-state index in [2.05, 4.69) is 5.32 Å². The number of hydrogen-bond donors (Lipinski definition) is 1. The van der Waals surface area contributed by atoms with Gasteiger partial charge in [-0.05, 0) is 43.2 Å². The number of rotatable bonds is 7. The third kappa shape index (κ3) is 5.62. The van der Waals surface area contributed by atoms with Crippen molar-refractivity contribution in [1.82, 2.24) is 10.2 Å². The van der Waals surface area contributed by atoms with Crippen LogP contribution in [0.4, 0.5) is 0 Å². The smallest absolute Gasteiger partial charge is 0.261 e. The summed E-state index contributed by atoms with van der Waals surface area (Å²) in [6.07, 6.45) is 0. The predicted octanol–water partition coefficient (Wildman–Crippen LogP) is 3.84. The zero-order valence-corrected chi connectivity index (χ0v) is 17.0. The molecule has 5 nitrogen and oxygen atoms in total. The monoisotopic (exact) mass is 408 g/mol. The van der Waals surface area contributed by atoms with E-state index in [0.717, 1.165) is 5.56 Å². The Hall–Kier alpha value is -2.24. The van der Waals surface area contributed by atoms with Crippen molar-refractivity contribution >= 4 is 35.0 Å². The van der Waals surface area contributed by atoms with Crippen LogP contribution in [0, 0.1) is 6.92 Å². The molecule has 2 rings (SSSR count). The van der Waals surface area contributed by atoms with Crippen LogP contribution in [0.2, 0.25) is 10.0 Å². The second-order valence-electron chi connectivity index (χ2n) is 6.10. The molecule has 0 fully saturated rings. The second-order valence-corrected chi connectivity index (χ2v) is 6.95. The molecule has 0 radical (unpaired) electrons. The van der Waals surface area contributed by atoms with E-state index < -0.39 is 6.04 Å². The van der Waals surface area contributed by atoms with Gasteiger partial charge in [0.25, 0.3) is 5.91 Å². The molecule has 0 aliphatic carbocycles. The lowest BCUT2D eigenvalue weighted by Crippen LogP contribution is -2.48. The molecular formula is C20H22Cl2N2O3. The highest BCUT2D eigenvalue weighted by molar-refractivity contribution is 6.35. The fraction of sp³-hybridized carbons (Fsp3) is 0.300. The summed E-state index contributed by atoms with van der Waals surface area (Å²) in [4.78, 5) is 26.4. The number of aryl methyl sites for hydroxylation is 1. The molecule has 0 saturated carbocycles. The molecule has 0 aliphatic rings. The maximum Gasteiger partial charge on any atom is 0.261 e. The van der Waals surface area contributed by atoms with E-state index in [1.54, 1.807) is 31.2 Å². The molecule has 2 amide bonds. The summed E-state index contributed by atoms with van der Waals surface area (Å²) in [5, 5.41) is 3.50. The number of nitrogens with zero attached hydrogens (tertiary/aromatic N) is 1. The summed E-state index contributed by atoms with van der Waals surface area (Å²) in [6, 6.07) is 11.8. The molecule has 0 aromatic heterocycles. The van der Waals surface area contributed by atoms with Gasteiger partial charge in [-0.25, -0.2) is 0 Å². The third-order valence-electron chi connectivity index (χ3n) is 4.21. The zero-order chi connectivity index (χ0) is 20.0. The largest absolute Gasteiger partial charge is 0.484 e. The summed E-state index contributed by atoms with van der Waals surface area (Å²) in [5.41, 5.74) is 1.62. The molecule has 2 aromatic carbocycles. The number of ether oxygens (including phenoxy) is 1. The Morgan fingerprint density at radius 2 is 1.89 bits per heavy atom. The van der Waals surface area contributed by atoms with Crippen LogP contribution < -0.4 is 10.1 Å². The van der Waals surface area contributed by atoms with Crippen molar-refractivity contribution in [3.8, 4) is 5.75 Å². The minimum absolute atomic E-state index is 0.167. The number of carbonyl (C=O) groups excluding carboxylic acids is 2. The van der Waals surface area contributed by atoms with Crippen molar-refractivity contribution in [2.45, 2.75) is 26.4 Å². The molecule has 0 unspecified atom stereocenters. The average molecular weight is 409 g/mol. The molecule has 0 saturated heterocycles. The van der Waals surface area contributed by atoms with Gasteiger partial charge >= 0.3 is 0 Å². The molecular weight excluding hydrogens is 387 g/mol. The van der Waals surface area contributed by atoms with Crippen LogP contribution in [-0.2, 0) is 16.1 Å². The number of halogens is 2. The van der Waals surface area contributed by atoms with Crippen LogP contribution in [0.25, 0.3) is 0 Å². The number of para-hydroxylation sites is 1. The number of benzene rings is 2. The van der Waals surface area contributed by atoms with Crippen LogP contribution in [0.3, 0.4) is 0 Å². The Kier molecular flexibility index (Phi) is 7.51. The second kappa shape index (κ2) is 9.62. The molecule has 1 atom stereocenters. The van der Waals surface area contributed by atoms with Gasteiger partial charge in [0.1, 0.15) is 11.8 Å². The van der Waals surface area contributed by atoms with Gasteiger partial charge in [0, 0.05) is 23.6 Å². The van der Waals surface area contributed by atoms with Crippen LogP contribution in [0.5, 0.6) is 5.75 Å². The fourth-order valence-corrected chi connectivity index (χ4v) is 3.03. The average Bonchev–Trinajstić information content (AvgIpc) is 2.65. The van der Waals surface area contributed by atoms with Gasteiger partial charge < -0.3 is 15.0 Å². The lowest BCUT2D eigenvalue weighted by Gasteiger charge is -2.28. The molecule has 0 aliphatic heterocycles. The Morgan fingerprint density at radius 3 is 2.52 bits per heavy atom. The van der Waals surface area contributed by atoms with E-state index in [9.17, 15) is 9.59 Å². The molecule has 7 heteroatoms. The molecule has 0 bridgehead atoms. The molecule has 0 heterocycles. The Morgan fingerprint density at radius 1 is 1.19 bits per heavy atom. The first-order valence-electron chi connectivity index (χ1n) is 8.47. The van der Waals surface area contributed by atoms with Crippen molar-refractivity contribution in [2.24, 2.45) is 0 Å². The maximum absolute atomic E-state index is 12.8. The van der Waals surface area contributed by atoms with Crippen LogP contribution >= 0.6 is 23.2 Å². The van der Waals surface area contributed by atoms with Crippen molar-refractivity contribution in [3.05, 3.63) is 63.6 Å². The number of nitrogens with one attached hydrogen (secondary N) is 1. The van der Waals surface area contributed by atoms with E-state index in [1.165, 1.54) is 11.9 Å². The lowest BCUT2D eigenvalue weighted by molar-refractivity contribution is -0.142. The van der Waals surface area contributed by atoms with Gasteiger partial charge in [-0.2, -0.15) is 0 Å². The normalized spacial score (nSPS) is 11.6. The summed E-state index contributed by atoms with van der Waals surface area (Å²) in [5.74, 6) is 0.0348. The summed E-state index contributed by atoms with van der Waals surface area (Å²) >= 11 is 12.2. The minimum Gasteiger partial charge on any atom is -0.484 e. The first kappa shape index (κ1) is 21.1. The van der Waals surface area contributed by atoms with Gasteiger partial charge in [0.2, 0.25) is 5.91 Å². The molecule has 144 valence electrons. The van der Waals surface area contributed by atoms with E-state index >= 15 is 0 Å². The first-order chi connectivity index (χ1) is 12.8. The van der Waals surface area contributed by atoms with Gasteiger partial charge in [-0.3, -0.25) is 9.59 Å². The Bertz CT molecular complexity index is 827. The Balaban J connectivity index is 2.19. The topological polar surface area (TPSA) is 58.6 Å². The van der Waals surface area contributed by atoms with Crippen LogP contribution in [0.1, 0.15) is 18.1 Å². The highest BCUT2D eigenvalue weighted by atomic mass is 35.5. The van der Waals surface area contributed by atoms with Gasteiger partial charge in [0.15, 0.2) is 6.61 Å².